The highest BCUT2D eigenvalue weighted by Crippen LogP contribution is 2.40. The summed E-state index contributed by atoms with van der Waals surface area (Å²) in [6.45, 7) is 1.78. The number of carbonyl (C=O) groups excluding carboxylic acids is 3. The summed E-state index contributed by atoms with van der Waals surface area (Å²) in [6, 6.07) is 12.5. The van der Waals surface area contributed by atoms with Gasteiger partial charge in [-0.2, -0.15) is 5.10 Å². The second-order valence-corrected chi connectivity index (χ2v) is 6.85. The van der Waals surface area contributed by atoms with Crippen LogP contribution in [0.4, 0.5) is 11.4 Å². The Labute approximate surface area is 178 Å². The maximum atomic E-state index is 13.5. The van der Waals surface area contributed by atoms with Gasteiger partial charge >= 0.3 is 5.97 Å². The Hall–Kier alpha value is -3.88. The third-order valence-corrected chi connectivity index (χ3v) is 5.20. The highest BCUT2D eigenvalue weighted by Gasteiger charge is 2.59. The summed E-state index contributed by atoms with van der Waals surface area (Å²) < 4.78 is 15.6. The lowest BCUT2D eigenvalue weighted by molar-refractivity contribution is -0.136. The molecule has 1 fully saturated rings. The summed E-state index contributed by atoms with van der Waals surface area (Å²) in [5, 5.41) is 5.72. The molecule has 0 radical (unpaired) electrons. The van der Waals surface area contributed by atoms with Crippen LogP contribution < -0.4 is 19.4 Å². The van der Waals surface area contributed by atoms with Crippen molar-refractivity contribution in [1.29, 1.82) is 0 Å². The molecule has 31 heavy (non-hydrogen) atoms. The van der Waals surface area contributed by atoms with Gasteiger partial charge < -0.3 is 14.2 Å². The van der Waals surface area contributed by atoms with Gasteiger partial charge in [-0.25, -0.2) is 9.69 Å². The first-order chi connectivity index (χ1) is 15.0. The van der Waals surface area contributed by atoms with Crippen molar-refractivity contribution in [2.24, 2.45) is 11.0 Å². The lowest BCUT2D eigenvalue weighted by atomic mass is 9.97. The first-order valence-electron chi connectivity index (χ1n) is 9.71. The van der Waals surface area contributed by atoms with Crippen molar-refractivity contribution in [3.05, 3.63) is 48.5 Å². The molecule has 2 heterocycles. The Bertz CT molecular complexity index is 1070. The number of hydrazone groups is 1. The number of carbonyl (C=O) groups is 3. The van der Waals surface area contributed by atoms with E-state index in [9.17, 15) is 14.4 Å². The quantitative estimate of drug-likeness (QED) is 0.518. The van der Waals surface area contributed by atoms with Crippen molar-refractivity contribution in [3.8, 4) is 11.5 Å². The average molecular weight is 423 g/mol. The van der Waals surface area contributed by atoms with E-state index < -0.39 is 29.7 Å². The van der Waals surface area contributed by atoms with Gasteiger partial charge in [-0.15, -0.1) is 0 Å². The molecule has 2 aromatic rings. The first-order valence-corrected chi connectivity index (χ1v) is 9.71. The van der Waals surface area contributed by atoms with Crippen molar-refractivity contribution < 1.29 is 28.6 Å². The van der Waals surface area contributed by atoms with Gasteiger partial charge in [-0.3, -0.25) is 14.6 Å². The summed E-state index contributed by atoms with van der Waals surface area (Å²) >= 11 is 0. The van der Waals surface area contributed by atoms with E-state index in [1.807, 2.05) is 0 Å². The summed E-state index contributed by atoms with van der Waals surface area (Å²) in [5.41, 5.74) is 0.754. The highest BCUT2D eigenvalue weighted by molar-refractivity contribution is 6.47. The van der Waals surface area contributed by atoms with Gasteiger partial charge in [0.25, 0.3) is 5.91 Å². The number of hydrogen-bond donors (Lipinski definition) is 0. The number of imide groups is 1. The number of anilines is 2. The fourth-order valence-electron chi connectivity index (χ4n) is 3.79. The monoisotopic (exact) mass is 423 g/mol. The second kappa shape index (κ2) is 8.10. The molecule has 1 saturated heterocycles. The number of rotatable bonds is 6. The number of ether oxygens (including phenoxy) is 3. The summed E-state index contributed by atoms with van der Waals surface area (Å²) in [6.07, 6.45) is 0. The van der Waals surface area contributed by atoms with Gasteiger partial charge in [0.05, 0.1) is 32.2 Å². The van der Waals surface area contributed by atoms with E-state index in [1.165, 1.54) is 12.1 Å². The summed E-state index contributed by atoms with van der Waals surface area (Å²) in [4.78, 5) is 40.5. The Morgan fingerprint density at radius 3 is 2.35 bits per heavy atom. The predicted molar refractivity (Wildman–Crippen MR) is 112 cm³/mol. The van der Waals surface area contributed by atoms with E-state index >= 15 is 0 Å². The van der Waals surface area contributed by atoms with Crippen LogP contribution in [0.3, 0.4) is 0 Å². The molecule has 2 amide bonds. The Morgan fingerprint density at radius 1 is 1.00 bits per heavy atom. The Morgan fingerprint density at radius 2 is 1.71 bits per heavy atom. The van der Waals surface area contributed by atoms with E-state index in [1.54, 1.807) is 62.6 Å². The van der Waals surface area contributed by atoms with Crippen molar-refractivity contribution in [3.63, 3.8) is 0 Å². The van der Waals surface area contributed by atoms with Crippen molar-refractivity contribution >= 4 is 34.9 Å². The molecule has 0 aliphatic carbocycles. The lowest BCUT2D eigenvalue weighted by Crippen LogP contribution is -2.39. The third-order valence-electron chi connectivity index (χ3n) is 5.20. The maximum absolute atomic E-state index is 13.5. The molecule has 0 spiro atoms. The molecule has 2 aliphatic rings. The minimum Gasteiger partial charge on any atom is -0.497 e. The van der Waals surface area contributed by atoms with Crippen LogP contribution in [0.5, 0.6) is 11.5 Å². The van der Waals surface area contributed by atoms with Gasteiger partial charge in [0.1, 0.15) is 23.5 Å². The second-order valence-electron chi connectivity index (χ2n) is 6.85. The number of methoxy groups -OCH3 is 2. The van der Waals surface area contributed by atoms with Crippen LogP contribution in [0.1, 0.15) is 6.92 Å². The van der Waals surface area contributed by atoms with Crippen molar-refractivity contribution in [2.45, 2.75) is 13.0 Å². The van der Waals surface area contributed by atoms with Crippen LogP contribution in [0.25, 0.3) is 0 Å². The molecule has 2 aliphatic heterocycles. The number of benzene rings is 2. The molecule has 0 bridgehead atoms. The number of nitrogens with zero attached hydrogens (tertiary/aromatic N) is 3. The molecule has 4 rings (SSSR count). The number of para-hydroxylation sites is 2. The molecule has 0 unspecified atom stereocenters. The smallest absolute Gasteiger partial charge is 0.355 e. The van der Waals surface area contributed by atoms with Gasteiger partial charge in [-0.05, 0) is 43.3 Å². The minimum atomic E-state index is -1.08. The van der Waals surface area contributed by atoms with Crippen LogP contribution in [-0.2, 0) is 19.1 Å². The van der Waals surface area contributed by atoms with Crippen LogP contribution >= 0.6 is 0 Å². The molecule has 160 valence electrons. The molecule has 9 heteroatoms. The Balaban J connectivity index is 1.79. The molecule has 2 aromatic carbocycles. The van der Waals surface area contributed by atoms with E-state index in [2.05, 4.69) is 5.10 Å². The molecular weight excluding hydrogens is 402 g/mol. The Kier molecular flexibility index (Phi) is 5.33. The van der Waals surface area contributed by atoms with E-state index in [0.29, 0.717) is 22.9 Å². The van der Waals surface area contributed by atoms with Gasteiger partial charge in [0.2, 0.25) is 5.91 Å². The molecule has 9 nitrogen and oxygen atoms in total. The zero-order valence-electron chi connectivity index (χ0n) is 17.3. The van der Waals surface area contributed by atoms with Gasteiger partial charge in [0, 0.05) is 0 Å². The molecule has 2 atom stereocenters. The summed E-state index contributed by atoms with van der Waals surface area (Å²) in [5.74, 6) is -1.87. The van der Waals surface area contributed by atoms with Crippen LogP contribution in [0, 0.1) is 5.92 Å². The fourth-order valence-corrected chi connectivity index (χ4v) is 3.79. The average Bonchev–Trinajstić information content (AvgIpc) is 3.31. The predicted octanol–water partition coefficient (Wildman–Crippen LogP) is 2.00. The van der Waals surface area contributed by atoms with E-state index in [4.69, 9.17) is 14.2 Å². The fraction of sp³-hybridized carbons (Fsp3) is 0.273. The number of amides is 2. The van der Waals surface area contributed by atoms with Crippen molar-refractivity contribution in [1.82, 2.24) is 0 Å². The zero-order chi connectivity index (χ0) is 22.1. The molecule has 0 N–H and O–H groups in total. The van der Waals surface area contributed by atoms with Crippen LogP contribution in [0.2, 0.25) is 0 Å². The topological polar surface area (TPSA) is 97.7 Å². The standard InChI is InChI=1S/C22H21N3O6/c1-4-31-22(28)18-17-19(25(23-18)13-9-11-14(29-2)12-10-13)21(27)24(20(17)26)15-7-5-6-8-16(15)30-3/h5-12,17,19H,4H2,1-3H3/t17-,19-/m1/s1. The first kappa shape index (κ1) is 20.4. The normalized spacial score (nSPS) is 19.9. The number of esters is 1. The molecule has 0 aromatic heterocycles. The molecule has 0 saturated carbocycles. The maximum Gasteiger partial charge on any atom is 0.355 e. The zero-order valence-corrected chi connectivity index (χ0v) is 17.3. The number of hydrogen-bond acceptors (Lipinski definition) is 8. The van der Waals surface area contributed by atoms with E-state index in [-0.39, 0.29) is 12.3 Å². The van der Waals surface area contributed by atoms with E-state index in [0.717, 1.165) is 4.90 Å². The van der Waals surface area contributed by atoms with Crippen molar-refractivity contribution in [2.75, 3.05) is 30.7 Å². The third kappa shape index (κ3) is 3.27. The number of fused-ring (bicyclic) bond motifs is 1. The molecular formula is C22H21N3O6. The van der Waals surface area contributed by atoms with Gasteiger partial charge in [-0.1, -0.05) is 12.1 Å². The SMILES string of the molecule is CCOC(=O)C1=NN(c2ccc(OC)cc2)[C@H]2C(=O)N(c3ccccc3OC)C(=O)[C@H]12. The lowest BCUT2D eigenvalue weighted by Gasteiger charge is -2.23. The minimum absolute atomic E-state index is 0.0987. The largest absolute Gasteiger partial charge is 0.497 e. The van der Waals surface area contributed by atoms with Crippen LogP contribution in [0.15, 0.2) is 53.6 Å². The highest BCUT2D eigenvalue weighted by atomic mass is 16.5. The van der Waals surface area contributed by atoms with Crippen LogP contribution in [-0.4, -0.2) is 50.4 Å². The van der Waals surface area contributed by atoms with Gasteiger partial charge in [0.15, 0.2) is 5.71 Å². The summed E-state index contributed by atoms with van der Waals surface area (Å²) in [7, 11) is 3.00.